The van der Waals surface area contributed by atoms with Gasteiger partial charge in [0.2, 0.25) is 0 Å². The van der Waals surface area contributed by atoms with Crippen LogP contribution >= 0.6 is 15.9 Å². The van der Waals surface area contributed by atoms with Crippen LogP contribution in [0, 0.1) is 5.92 Å². The lowest BCUT2D eigenvalue weighted by molar-refractivity contribution is -0.139. The highest BCUT2D eigenvalue weighted by Gasteiger charge is 2.23. The summed E-state index contributed by atoms with van der Waals surface area (Å²) >= 11 is 3.34. The summed E-state index contributed by atoms with van der Waals surface area (Å²) in [7, 11) is 0. The minimum Gasteiger partial charge on any atom is -0.481 e. The van der Waals surface area contributed by atoms with Crippen molar-refractivity contribution in [3.8, 4) is 0 Å². The Labute approximate surface area is 106 Å². The van der Waals surface area contributed by atoms with E-state index in [1.54, 1.807) is 0 Å². The highest BCUT2D eigenvalue weighted by atomic mass is 79.9. The first-order valence-electron chi connectivity index (χ1n) is 5.50. The summed E-state index contributed by atoms with van der Waals surface area (Å²) in [5, 5.41) is 9.07. The van der Waals surface area contributed by atoms with Crippen LogP contribution in [0.1, 0.15) is 39.2 Å². The quantitative estimate of drug-likeness (QED) is 0.900. The number of hydrogen-bond acceptors (Lipinski definition) is 1. The SMILES string of the molecule is CC.CC(C)C(C(=O)O)c1cccc(Br)c1. The molecular formula is C13H19BrO2. The van der Waals surface area contributed by atoms with Crippen molar-refractivity contribution < 1.29 is 9.90 Å². The Bertz CT molecular complexity index is 334. The van der Waals surface area contributed by atoms with Gasteiger partial charge in [-0.25, -0.2) is 0 Å². The summed E-state index contributed by atoms with van der Waals surface area (Å²) < 4.78 is 0.918. The van der Waals surface area contributed by atoms with Crippen LogP contribution in [0.2, 0.25) is 0 Å². The molecule has 2 nitrogen and oxygen atoms in total. The molecule has 0 heterocycles. The van der Waals surface area contributed by atoms with Crippen LogP contribution in [0.15, 0.2) is 28.7 Å². The third-order valence-corrected chi connectivity index (χ3v) is 2.63. The summed E-state index contributed by atoms with van der Waals surface area (Å²) in [6.07, 6.45) is 0. The van der Waals surface area contributed by atoms with E-state index in [2.05, 4.69) is 15.9 Å². The van der Waals surface area contributed by atoms with Crippen LogP contribution in [-0.4, -0.2) is 11.1 Å². The Kier molecular flexibility index (Phi) is 7.06. The van der Waals surface area contributed by atoms with Crippen molar-refractivity contribution in [2.24, 2.45) is 5.92 Å². The number of aliphatic carboxylic acids is 1. The maximum atomic E-state index is 11.0. The Hall–Kier alpha value is -0.830. The van der Waals surface area contributed by atoms with Gasteiger partial charge in [-0.1, -0.05) is 55.8 Å². The zero-order valence-corrected chi connectivity index (χ0v) is 11.8. The van der Waals surface area contributed by atoms with Gasteiger partial charge in [0, 0.05) is 4.47 Å². The van der Waals surface area contributed by atoms with Gasteiger partial charge in [-0.15, -0.1) is 0 Å². The molecule has 0 fully saturated rings. The molecule has 1 aromatic rings. The van der Waals surface area contributed by atoms with Gasteiger partial charge in [-0.3, -0.25) is 4.79 Å². The van der Waals surface area contributed by atoms with E-state index < -0.39 is 11.9 Å². The minimum atomic E-state index is -0.766. The predicted octanol–water partition coefficient (Wildman–Crippen LogP) is 4.30. The zero-order valence-electron chi connectivity index (χ0n) is 10.2. The van der Waals surface area contributed by atoms with Crippen LogP contribution < -0.4 is 0 Å². The van der Waals surface area contributed by atoms with Crippen LogP contribution in [0.25, 0.3) is 0 Å². The normalized spacial score (nSPS) is 11.6. The predicted molar refractivity (Wildman–Crippen MR) is 70.7 cm³/mol. The molecular weight excluding hydrogens is 268 g/mol. The van der Waals surface area contributed by atoms with Crippen molar-refractivity contribution in [1.82, 2.24) is 0 Å². The van der Waals surface area contributed by atoms with Gasteiger partial charge >= 0.3 is 5.97 Å². The number of carbonyl (C=O) groups is 1. The van der Waals surface area contributed by atoms with Gasteiger partial charge in [0.1, 0.15) is 0 Å². The topological polar surface area (TPSA) is 37.3 Å². The van der Waals surface area contributed by atoms with Crippen molar-refractivity contribution in [2.75, 3.05) is 0 Å². The number of carboxylic acids is 1. The number of benzene rings is 1. The van der Waals surface area contributed by atoms with Crippen molar-refractivity contribution in [3.05, 3.63) is 34.3 Å². The van der Waals surface area contributed by atoms with Gasteiger partial charge in [-0.05, 0) is 23.6 Å². The Morgan fingerprint density at radius 2 is 1.88 bits per heavy atom. The van der Waals surface area contributed by atoms with Crippen LogP contribution in [0.5, 0.6) is 0 Å². The average Bonchev–Trinajstić information content (AvgIpc) is 2.19. The standard InChI is InChI=1S/C11H13BrO2.C2H6/c1-7(2)10(11(13)14)8-4-3-5-9(12)6-8;1-2/h3-7,10H,1-2H3,(H,13,14);1-2H3. The molecule has 90 valence electrons. The molecule has 1 rings (SSSR count). The first-order chi connectivity index (χ1) is 7.52. The fraction of sp³-hybridized carbons (Fsp3) is 0.462. The van der Waals surface area contributed by atoms with E-state index in [0.29, 0.717) is 0 Å². The summed E-state index contributed by atoms with van der Waals surface area (Å²) in [5.41, 5.74) is 0.849. The minimum absolute atomic E-state index is 0.0989. The molecule has 0 aliphatic rings. The highest BCUT2D eigenvalue weighted by Crippen LogP contribution is 2.26. The van der Waals surface area contributed by atoms with Gasteiger partial charge in [0.15, 0.2) is 0 Å². The lowest BCUT2D eigenvalue weighted by Gasteiger charge is -2.16. The maximum Gasteiger partial charge on any atom is 0.311 e. The van der Waals surface area contributed by atoms with Gasteiger partial charge in [-0.2, -0.15) is 0 Å². The van der Waals surface area contributed by atoms with E-state index in [0.717, 1.165) is 10.0 Å². The molecule has 1 unspecified atom stereocenters. The number of halogens is 1. The molecule has 0 aliphatic carbocycles. The van der Waals surface area contributed by atoms with E-state index in [4.69, 9.17) is 5.11 Å². The van der Waals surface area contributed by atoms with Gasteiger partial charge < -0.3 is 5.11 Å². The molecule has 1 atom stereocenters. The fourth-order valence-electron chi connectivity index (χ4n) is 1.51. The van der Waals surface area contributed by atoms with Crippen LogP contribution in [0.3, 0.4) is 0 Å². The second-order valence-corrected chi connectivity index (χ2v) is 4.53. The first kappa shape index (κ1) is 15.2. The highest BCUT2D eigenvalue weighted by molar-refractivity contribution is 9.10. The van der Waals surface area contributed by atoms with E-state index in [1.807, 2.05) is 52.0 Å². The van der Waals surface area contributed by atoms with Crippen LogP contribution in [-0.2, 0) is 4.79 Å². The van der Waals surface area contributed by atoms with E-state index >= 15 is 0 Å². The van der Waals surface area contributed by atoms with Crippen molar-refractivity contribution in [3.63, 3.8) is 0 Å². The Morgan fingerprint density at radius 3 is 2.25 bits per heavy atom. The molecule has 1 N–H and O–H groups in total. The van der Waals surface area contributed by atoms with Crippen molar-refractivity contribution >= 4 is 21.9 Å². The summed E-state index contributed by atoms with van der Waals surface area (Å²) in [4.78, 5) is 11.0. The van der Waals surface area contributed by atoms with Crippen molar-refractivity contribution in [2.45, 2.75) is 33.6 Å². The second-order valence-electron chi connectivity index (χ2n) is 3.61. The average molecular weight is 287 g/mol. The molecule has 0 saturated heterocycles. The first-order valence-corrected chi connectivity index (χ1v) is 6.30. The maximum absolute atomic E-state index is 11.0. The molecule has 0 bridgehead atoms. The van der Waals surface area contributed by atoms with Gasteiger partial charge in [0.05, 0.1) is 5.92 Å². The molecule has 0 radical (unpaired) electrons. The summed E-state index contributed by atoms with van der Waals surface area (Å²) in [6, 6.07) is 7.46. The Morgan fingerprint density at radius 1 is 1.31 bits per heavy atom. The third kappa shape index (κ3) is 4.35. The molecule has 0 aromatic heterocycles. The number of carboxylic acid groups (broad SMARTS) is 1. The zero-order chi connectivity index (χ0) is 12.7. The molecule has 3 heteroatoms. The monoisotopic (exact) mass is 286 g/mol. The molecule has 0 spiro atoms. The smallest absolute Gasteiger partial charge is 0.311 e. The molecule has 0 aliphatic heterocycles. The number of hydrogen-bond donors (Lipinski definition) is 1. The lowest BCUT2D eigenvalue weighted by atomic mass is 9.89. The summed E-state index contributed by atoms with van der Waals surface area (Å²) in [6.45, 7) is 7.83. The summed E-state index contributed by atoms with van der Waals surface area (Å²) in [5.74, 6) is -1.09. The lowest BCUT2D eigenvalue weighted by Crippen LogP contribution is -2.17. The fourth-order valence-corrected chi connectivity index (χ4v) is 1.93. The molecule has 0 amide bonds. The molecule has 0 saturated carbocycles. The second kappa shape index (κ2) is 7.44. The van der Waals surface area contributed by atoms with E-state index in [9.17, 15) is 4.79 Å². The van der Waals surface area contributed by atoms with Crippen molar-refractivity contribution in [1.29, 1.82) is 0 Å². The Balaban J connectivity index is 0.00000106. The van der Waals surface area contributed by atoms with E-state index in [-0.39, 0.29) is 5.92 Å². The van der Waals surface area contributed by atoms with Crippen LogP contribution in [0.4, 0.5) is 0 Å². The largest absolute Gasteiger partial charge is 0.481 e. The van der Waals surface area contributed by atoms with Gasteiger partial charge in [0.25, 0.3) is 0 Å². The number of rotatable bonds is 3. The third-order valence-electron chi connectivity index (χ3n) is 2.14. The van der Waals surface area contributed by atoms with E-state index in [1.165, 1.54) is 0 Å². The molecule has 16 heavy (non-hydrogen) atoms. The molecule has 1 aromatic carbocycles.